The summed E-state index contributed by atoms with van der Waals surface area (Å²) in [5, 5.41) is 10.7. The molecule has 0 saturated carbocycles. The zero-order chi connectivity index (χ0) is 21.8. The third-order valence-corrected chi connectivity index (χ3v) is 6.70. The van der Waals surface area contributed by atoms with Gasteiger partial charge in [0.15, 0.2) is 0 Å². The summed E-state index contributed by atoms with van der Waals surface area (Å²) in [4.78, 5) is 0. The lowest BCUT2D eigenvalue weighted by Gasteiger charge is -2.26. The molecule has 0 heterocycles. The first-order valence-electron chi connectivity index (χ1n) is 11.5. The van der Waals surface area contributed by atoms with Crippen LogP contribution in [0.1, 0.15) is 79.2 Å². The summed E-state index contributed by atoms with van der Waals surface area (Å²) in [7, 11) is 0. The molecule has 3 aromatic carbocycles. The van der Waals surface area contributed by atoms with Gasteiger partial charge < -0.3 is 0 Å². The first-order valence-corrected chi connectivity index (χ1v) is 11.5. The molecular weight excluding hydrogens is 388 g/mol. The zero-order valence-electron chi connectivity index (χ0n) is 18.2. The Balaban J connectivity index is 1.52. The molecule has 0 saturated heterocycles. The molecule has 4 rings (SSSR count). The second-order valence-corrected chi connectivity index (χ2v) is 8.84. The third-order valence-electron chi connectivity index (χ3n) is 6.70. The van der Waals surface area contributed by atoms with E-state index in [9.17, 15) is 4.39 Å². The van der Waals surface area contributed by atoms with Gasteiger partial charge in [0.05, 0.1) is 5.56 Å². The molecule has 0 N–H and O–H groups in total. The fourth-order valence-corrected chi connectivity index (χ4v) is 4.89. The molecule has 1 nitrogen and oxygen atoms in total. The van der Waals surface area contributed by atoms with Crippen molar-refractivity contribution in [2.45, 2.75) is 70.6 Å². The highest BCUT2D eigenvalue weighted by molar-refractivity contribution is 5.84. The van der Waals surface area contributed by atoms with E-state index < -0.39 is 5.82 Å². The number of aryl methyl sites for hydroxylation is 2. The summed E-state index contributed by atoms with van der Waals surface area (Å²) in [5.74, 6) is -0.597. The highest BCUT2D eigenvalue weighted by atomic mass is 19.1. The minimum Gasteiger partial charge on any atom is -0.206 e. The van der Waals surface area contributed by atoms with Crippen molar-refractivity contribution in [3.63, 3.8) is 0 Å². The van der Waals surface area contributed by atoms with Crippen LogP contribution in [0.15, 0.2) is 42.5 Å². The molecule has 3 heteroatoms. The number of unbranched alkanes of at least 4 members (excludes halogenated alkanes) is 4. The molecule has 1 aliphatic rings. The normalized spacial score (nSPS) is 15.6. The van der Waals surface area contributed by atoms with Gasteiger partial charge in [-0.1, -0.05) is 62.9 Å². The van der Waals surface area contributed by atoms with Crippen LogP contribution in [0.5, 0.6) is 0 Å². The van der Waals surface area contributed by atoms with Gasteiger partial charge in [-0.05, 0) is 77.8 Å². The van der Waals surface area contributed by atoms with Crippen LogP contribution in [0, 0.1) is 23.0 Å². The first-order chi connectivity index (χ1) is 15.1. The van der Waals surface area contributed by atoms with Crippen molar-refractivity contribution in [1.29, 1.82) is 5.26 Å². The standard InChI is InChI=1S/C28H29F2N/c1-2-3-4-5-6-7-19-8-12-25-21(14-19)11-13-26(28(25)30)22-10-9-20-15-24(18-31)27(29)17-23(20)16-22/h8,11-15,17,22H,2-7,9-10,16H2,1H3. The van der Waals surface area contributed by atoms with Crippen molar-refractivity contribution in [2.75, 3.05) is 0 Å². The van der Waals surface area contributed by atoms with Crippen LogP contribution in [-0.2, 0) is 19.3 Å². The Hall–Kier alpha value is -2.73. The highest BCUT2D eigenvalue weighted by Crippen LogP contribution is 2.37. The molecule has 0 aromatic heterocycles. The van der Waals surface area contributed by atoms with Gasteiger partial charge in [-0.25, -0.2) is 8.78 Å². The first kappa shape index (κ1) is 21.5. The van der Waals surface area contributed by atoms with Crippen molar-refractivity contribution >= 4 is 10.8 Å². The van der Waals surface area contributed by atoms with Gasteiger partial charge >= 0.3 is 0 Å². The average Bonchev–Trinajstić information content (AvgIpc) is 2.78. The Bertz CT molecular complexity index is 1130. The molecule has 31 heavy (non-hydrogen) atoms. The van der Waals surface area contributed by atoms with Crippen molar-refractivity contribution in [3.8, 4) is 6.07 Å². The van der Waals surface area contributed by atoms with Crippen LogP contribution < -0.4 is 0 Å². The van der Waals surface area contributed by atoms with E-state index in [1.54, 1.807) is 6.07 Å². The van der Waals surface area contributed by atoms with Gasteiger partial charge in [0.2, 0.25) is 0 Å². The summed E-state index contributed by atoms with van der Waals surface area (Å²) in [6.07, 6.45) is 9.45. The second kappa shape index (κ2) is 9.60. The van der Waals surface area contributed by atoms with E-state index in [1.165, 1.54) is 43.7 Å². The quantitative estimate of drug-likeness (QED) is 0.360. The summed E-state index contributed by atoms with van der Waals surface area (Å²) < 4.78 is 29.5. The number of benzene rings is 3. The number of nitriles is 1. The van der Waals surface area contributed by atoms with Crippen molar-refractivity contribution in [1.82, 2.24) is 0 Å². The highest BCUT2D eigenvalue weighted by Gasteiger charge is 2.24. The minimum atomic E-state index is -0.483. The Kier molecular flexibility index (Phi) is 6.66. The molecule has 1 aliphatic carbocycles. The van der Waals surface area contributed by atoms with Crippen LogP contribution >= 0.6 is 0 Å². The maximum Gasteiger partial charge on any atom is 0.141 e. The van der Waals surface area contributed by atoms with E-state index in [0.29, 0.717) is 11.8 Å². The van der Waals surface area contributed by atoms with Gasteiger partial charge in [-0.15, -0.1) is 0 Å². The topological polar surface area (TPSA) is 23.8 Å². The van der Waals surface area contributed by atoms with E-state index in [0.717, 1.165) is 41.3 Å². The van der Waals surface area contributed by atoms with E-state index in [2.05, 4.69) is 19.1 Å². The van der Waals surface area contributed by atoms with E-state index >= 15 is 4.39 Å². The van der Waals surface area contributed by atoms with Crippen molar-refractivity contribution in [2.24, 2.45) is 0 Å². The molecular formula is C28H29F2N. The summed E-state index contributed by atoms with van der Waals surface area (Å²) in [6, 6.07) is 15.1. The fourth-order valence-electron chi connectivity index (χ4n) is 4.89. The maximum atomic E-state index is 15.4. The van der Waals surface area contributed by atoms with Gasteiger partial charge in [0.25, 0.3) is 0 Å². The zero-order valence-corrected chi connectivity index (χ0v) is 18.2. The Morgan fingerprint density at radius 3 is 2.61 bits per heavy atom. The van der Waals surface area contributed by atoms with Gasteiger partial charge in [0.1, 0.15) is 17.7 Å². The van der Waals surface area contributed by atoms with Crippen molar-refractivity contribution in [3.05, 3.63) is 81.9 Å². The van der Waals surface area contributed by atoms with Crippen LogP contribution in [0.25, 0.3) is 10.8 Å². The fraction of sp³-hybridized carbons (Fsp3) is 0.393. The smallest absolute Gasteiger partial charge is 0.141 e. The molecule has 0 bridgehead atoms. The number of nitrogens with zero attached hydrogens (tertiary/aromatic N) is 1. The predicted molar refractivity (Wildman–Crippen MR) is 122 cm³/mol. The van der Waals surface area contributed by atoms with Crippen molar-refractivity contribution < 1.29 is 8.78 Å². The average molecular weight is 418 g/mol. The number of fused-ring (bicyclic) bond motifs is 2. The molecule has 0 amide bonds. The molecule has 0 spiro atoms. The number of hydrogen-bond donors (Lipinski definition) is 0. The van der Waals surface area contributed by atoms with Crippen LogP contribution in [0.4, 0.5) is 8.78 Å². The summed E-state index contributed by atoms with van der Waals surface area (Å²) in [5.41, 5.74) is 3.99. The van der Waals surface area contributed by atoms with Gasteiger partial charge in [-0.3, -0.25) is 0 Å². The molecule has 0 aliphatic heterocycles. The maximum absolute atomic E-state index is 15.4. The second-order valence-electron chi connectivity index (χ2n) is 8.84. The largest absolute Gasteiger partial charge is 0.206 e. The Morgan fingerprint density at radius 1 is 0.968 bits per heavy atom. The molecule has 3 aromatic rings. The SMILES string of the molecule is CCCCCCCc1ccc2c(F)c(C3CCc4cc(C#N)c(F)cc4C3)ccc2c1. The predicted octanol–water partition coefficient (Wildman–Crippen LogP) is 7.78. The third kappa shape index (κ3) is 4.64. The van der Waals surface area contributed by atoms with Gasteiger partial charge in [-0.2, -0.15) is 5.26 Å². The van der Waals surface area contributed by atoms with Crippen LogP contribution in [0.3, 0.4) is 0 Å². The number of hydrogen-bond acceptors (Lipinski definition) is 1. The summed E-state index contributed by atoms with van der Waals surface area (Å²) in [6.45, 7) is 2.22. The van der Waals surface area contributed by atoms with Gasteiger partial charge in [0, 0.05) is 5.39 Å². The lowest BCUT2D eigenvalue weighted by Crippen LogP contribution is -2.15. The minimum absolute atomic E-state index is 0.0301. The van der Waals surface area contributed by atoms with Crippen LogP contribution in [0.2, 0.25) is 0 Å². The molecule has 160 valence electrons. The Labute approximate surface area is 183 Å². The lowest BCUT2D eigenvalue weighted by molar-refractivity contribution is 0.535. The van der Waals surface area contributed by atoms with Crippen LogP contribution in [-0.4, -0.2) is 0 Å². The van der Waals surface area contributed by atoms with E-state index in [4.69, 9.17) is 5.26 Å². The Morgan fingerprint density at radius 2 is 1.81 bits per heavy atom. The number of halogens is 2. The van der Waals surface area contributed by atoms with E-state index in [-0.39, 0.29) is 17.3 Å². The molecule has 1 atom stereocenters. The molecule has 0 fully saturated rings. The monoisotopic (exact) mass is 417 g/mol. The summed E-state index contributed by atoms with van der Waals surface area (Å²) >= 11 is 0. The molecule has 1 unspecified atom stereocenters. The lowest BCUT2D eigenvalue weighted by atomic mass is 9.79. The number of rotatable bonds is 7. The molecule has 0 radical (unpaired) electrons. The van der Waals surface area contributed by atoms with E-state index in [1.807, 2.05) is 24.3 Å².